The van der Waals surface area contributed by atoms with E-state index in [1.807, 2.05) is 27.8 Å². The standard InChI is InChI=1S/C22H25N3O2S2/c26-21(10-2-1-3-12-24-22(27)18-7-4-11-23-15-18)25(16-19-8-5-13-28-19)17-20-9-6-14-29-20/h4-9,11,13-15H,1-3,10,12,16-17H2,(H,24,27). The van der Waals surface area contributed by atoms with Crippen LogP contribution in [0.4, 0.5) is 0 Å². The molecule has 0 saturated carbocycles. The fraction of sp³-hybridized carbons (Fsp3) is 0.318. The van der Waals surface area contributed by atoms with Crippen molar-refractivity contribution in [3.05, 3.63) is 74.9 Å². The van der Waals surface area contributed by atoms with Gasteiger partial charge in [-0.1, -0.05) is 18.6 Å². The van der Waals surface area contributed by atoms with Gasteiger partial charge in [-0.25, -0.2) is 0 Å². The fourth-order valence-electron chi connectivity index (χ4n) is 2.95. The molecule has 3 aromatic rings. The van der Waals surface area contributed by atoms with Crippen LogP contribution in [0.3, 0.4) is 0 Å². The zero-order valence-corrected chi connectivity index (χ0v) is 17.9. The Bertz CT molecular complexity index is 829. The summed E-state index contributed by atoms with van der Waals surface area (Å²) in [7, 11) is 0. The number of pyridine rings is 1. The number of nitrogens with one attached hydrogen (secondary N) is 1. The predicted molar refractivity (Wildman–Crippen MR) is 118 cm³/mol. The second-order valence-corrected chi connectivity index (χ2v) is 8.78. The second-order valence-electron chi connectivity index (χ2n) is 6.72. The highest BCUT2D eigenvalue weighted by atomic mass is 32.1. The van der Waals surface area contributed by atoms with E-state index in [0.29, 0.717) is 31.6 Å². The summed E-state index contributed by atoms with van der Waals surface area (Å²) < 4.78 is 0. The lowest BCUT2D eigenvalue weighted by molar-refractivity contribution is -0.132. The molecule has 1 N–H and O–H groups in total. The topological polar surface area (TPSA) is 62.3 Å². The lowest BCUT2D eigenvalue weighted by Gasteiger charge is -2.21. The Hall–Kier alpha value is -2.51. The third-order valence-corrected chi connectivity index (χ3v) is 6.21. The molecule has 7 heteroatoms. The molecule has 0 saturated heterocycles. The molecule has 5 nitrogen and oxygen atoms in total. The van der Waals surface area contributed by atoms with E-state index in [1.54, 1.807) is 47.2 Å². The summed E-state index contributed by atoms with van der Waals surface area (Å²) in [5, 5.41) is 6.99. The minimum Gasteiger partial charge on any atom is -0.352 e. The highest BCUT2D eigenvalue weighted by Gasteiger charge is 2.15. The first-order valence-electron chi connectivity index (χ1n) is 9.73. The van der Waals surface area contributed by atoms with Crippen LogP contribution in [0.25, 0.3) is 0 Å². The molecule has 0 unspecified atom stereocenters. The number of aromatic nitrogens is 1. The quantitative estimate of drug-likeness (QED) is 0.450. The van der Waals surface area contributed by atoms with Gasteiger partial charge in [0.15, 0.2) is 0 Å². The van der Waals surface area contributed by atoms with Gasteiger partial charge in [0.25, 0.3) is 5.91 Å². The van der Waals surface area contributed by atoms with Gasteiger partial charge in [-0.3, -0.25) is 14.6 Å². The third-order valence-electron chi connectivity index (χ3n) is 4.48. The van der Waals surface area contributed by atoms with Crippen LogP contribution >= 0.6 is 22.7 Å². The Morgan fingerprint density at radius 3 is 2.24 bits per heavy atom. The van der Waals surface area contributed by atoms with E-state index in [9.17, 15) is 9.59 Å². The molecule has 152 valence electrons. The Kier molecular flexibility index (Phi) is 8.40. The Labute approximate surface area is 179 Å². The van der Waals surface area contributed by atoms with Crippen LogP contribution in [0.1, 0.15) is 45.8 Å². The first kappa shape index (κ1) is 21.2. The van der Waals surface area contributed by atoms with Crippen molar-refractivity contribution in [3.8, 4) is 0 Å². The number of amides is 2. The molecule has 3 rings (SSSR count). The first-order valence-corrected chi connectivity index (χ1v) is 11.5. The SMILES string of the molecule is O=C(NCCCCCC(=O)N(Cc1cccs1)Cc1cccs1)c1cccnc1. The number of carbonyl (C=O) groups is 2. The van der Waals surface area contributed by atoms with E-state index in [2.05, 4.69) is 22.4 Å². The van der Waals surface area contributed by atoms with Gasteiger partial charge < -0.3 is 10.2 Å². The van der Waals surface area contributed by atoms with Crippen LogP contribution in [0, 0.1) is 0 Å². The average Bonchev–Trinajstić information content (AvgIpc) is 3.44. The maximum atomic E-state index is 12.8. The number of carbonyl (C=O) groups excluding carboxylic acids is 2. The number of unbranched alkanes of at least 4 members (excludes halogenated alkanes) is 2. The number of rotatable bonds is 11. The van der Waals surface area contributed by atoms with Gasteiger partial charge in [-0.2, -0.15) is 0 Å². The van der Waals surface area contributed by atoms with E-state index in [1.165, 1.54) is 9.75 Å². The van der Waals surface area contributed by atoms with Crippen LogP contribution in [-0.2, 0) is 17.9 Å². The summed E-state index contributed by atoms with van der Waals surface area (Å²) in [6, 6.07) is 11.7. The molecule has 3 aromatic heterocycles. The number of hydrogen-bond acceptors (Lipinski definition) is 5. The molecule has 29 heavy (non-hydrogen) atoms. The molecule has 3 heterocycles. The number of hydrogen-bond donors (Lipinski definition) is 1. The lowest BCUT2D eigenvalue weighted by atomic mass is 10.1. The summed E-state index contributed by atoms with van der Waals surface area (Å²) >= 11 is 3.36. The second kappa shape index (κ2) is 11.5. The van der Waals surface area contributed by atoms with Gasteiger partial charge in [-0.15, -0.1) is 22.7 Å². The van der Waals surface area contributed by atoms with Gasteiger partial charge in [-0.05, 0) is 47.9 Å². The molecule has 0 aliphatic carbocycles. The summed E-state index contributed by atoms with van der Waals surface area (Å²) in [5.41, 5.74) is 0.570. The highest BCUT2D eigenvalue weighted by molar-refractivity contribution is 7.10. The van der Waals surface area contributed by atoms with Crippen LogP contribution in [0.2, 0.25) is 0 Å². The van der Waals surface area contributed by atoms with Gasteiger partial charge in [0.05, 0.1) is 18.7 Å². The molecule has 0 aromatic carbocycles. The molecule has 0 fully saturated rings. The van der Waals surface area contributed by atoms with Crippen molar-refractivity contribution in [2.45, 2.75) is 38.8 Å². The molecular formula is C22H25N3O2S2. The zero-order chi connectivity index (χ0) is 20.3. The minimum absolute atomic E-state index is 0.104. The van der Waals surface area contributed by atoms with Crippen molar-refractivity contribution in [2.75, 3.05) is 6.54 Å². The number of nitrogens with zero attached hydrogens (tertiary/aromatic N) is 2. The van der Waals surface area contributed by atoms with Crippen molar-refractivity contribution >= 4 is 34.5 Å². The average molecular weight is 428 g/mol. The highest BCUT2D eigenvalue weighted by Crippen LogP contribution is 2.18. The maximum absolute atomic E-state index is 12.8. The molecule has 0 aliphatic heterocycles. The fourth-order valence-corrected chi connectivity index (χ4v) is 4.39. The van der Waals surface area contributed by atoms with Crippen LogP contribution in [0.15, 0.2) is 59.6 Å². The van der Waals surface area contributed by atoms with Gasteiger partial charge >= 0.3 is 0 Å². The Balaban J connectivity index is 1.38. The number of thiophene rings is 2. The Morgan fingerprint density at radius 1 is 0.931 bits per heavy atom. The van der Waals surface area contributed by atoms with E-state index >= 15 is 0 Å². The molecule has 0 aliphatic rings. The van der Waals surface area contributed by atoms with Crippen LogP contribution < -0.4 is 5.32 Å². The van der Waals surface area contributed by atoms with Crippen molar-refractivity contribution in [3.63, 3.8) is 0 Å². The van der Waals surface area contributed by atoms with Crippen molar-refractivity contribution in [2.24, 2.45) is 0 Å². The van der Waals surface area contributed by atoms with Gasteiger partial charge in [0, 0.05) is 35.1 Å². The third kappa shape index (κ3) is 7.11. The Morgan fingerprint density at radius 2 is 1.66 bits per heavy atom. The normalized spacial score (nSPS) is 10.6. The molecular weight excluding hydrogens is 402 g/mol. The van der Waals surface area contributed by atoms with E-state index in [-0.39, 0.29) is 11.8 Å². The molecule has 0 atom stereocenters. The van der Waals surface area contributed by atoms with Gasteiger partial charge in [0.1, 0.15) is 0 Å². The molecule has 0 bridgehead atoms. The van der Waals surface area contributed by atoms with Crippen molar-refractivity contribution in [1.82, 2.24) is 15.2 Å². The monoisotopic (exact) mass is 427 g/mol. The summed E-state index contributed by atoms with van der Waals surface area (Å²) in [5.74, 6) is 0.0819. The molecule has 2 amide bonds. The summed E-state index contributed by atoms with van der Waals surface area (Å²) in [4.78, 5) is 33.0. The first-order chi connectivity index (χ1) is 14.2. The largest absolute Gasteiger partial charge is 0.352 e. The zero-order valence-electron chi connectivity index (χ0n) is 16.3. The van der Waals surface area contributed by atoms with E-state index in [4.69, 9.17) is 0 Å². The van der Waals surface area contributed by atoms with Crippen molar-refractivity contribution in [1.29, 1.82) is 0 Å². The van der Waals surface area contributed by atoms with Crippen LogP contribution in [0.5, 0.6) is 0 Å². The van der Waals surface area contributed by atoms with E-state index < -0.39 is 0 Å². The minimum atomic E-state index is -0.104. The lowest BCUT2D eigenvalue weighted by Crippen LogP contribution is -2.29. The molecule has 0 radical (unpaired) electrons. The van der Waals surface area contributed by atoms with E-state index in [0.717, 1.165) is 19.3 Å². The summed E-state index contributed by atoms with van der Waals surface area (Å²) in [6.45, 7) is 1.93. The van der Waals surface area contributed by atoms with Crippen LogP contribution in [-0.4, -0.2) is 28.2 Å². The van der Waals surface area contributed by atoms with Gasteiger partial charge in [0.2, 0.25) is 5.91 Å². The predicted octanol–water partition coefficient (Wildman–Crippen LogP) is 4.72. The smallest absolute Gasteiger partial charge is 0.252 e. The maximum Gasteiger partial charge on any atom is 0.252 e. The molecule has 0 spiro atoms. The summed E-state index contributed by atoms with van der Waals surface area (Å²) in [6.07, 6.45) is 6.33. The van der Waals surface area contributed by atoms with Crippen molar-refractivity contribution < 1.29 is 9.59 Å².